The van der Waals surface area contributed by atoms with E-state index in [9.17, 15) is 10.1 Å². The van der Waals surface area contributed by atoms with Gasteiger partial charge in [-0.25, -0.2) is 4.98 Å². The van der Waals surface area contributed by atoms with Gasteiger partial charge in [0, 0.05) is 25.6 Å². The van der Waals surface area contributed by atoms with E-state index in [0.717, 1.165) is 0 Å². The van der Waals surface area contributed by atoms with E-state index in [2.05, 4.69) is 15.4 Å². The minimum Gasteiger partial charge on any atom is -0.383 e. The molecule has 2 heterocycles. The number of methoxy groups -OCH3 is 1. The second-order valence-electron chi connectivity index (χ2n) is 3.77. The van der Waals surface area contributed by atoms with Gasteiger partial charge in [0.25, 0.3) is 5.69 Å². The molecule has 0 radical (unpaired) electrons. The van der Waals surface area contributed by atoms with Crippen LogP contribution in [0.2, 0.25) is 0 Å². The third kappa shape index (κ3) is 3.49. The Morgan fingerprint density at radius 3 is 3.16 bits per heavy atom. The highest BCUT2D eigenvalue weighted by Crippen LogP contribution is 2.18. The Morgan fingerprint density at radius 1 is 1.58 bits per heavy atom. The van der Waals surface area contributed by atoms with Gasteiger partial charge in [-0.2, -0.15) is 5.10 Å². The molecule has 0 saturated heterocycles. The van der Waals surface area contributed by atoms with Gasteiger partial charge in [0.05, 0.1) is 36.0 Å². The van der Waals surface area contributed by atoms with E-state index < -0.39 is 4.92 Å². The lowest BCUT2D eigenvalue weighted by molar-refractivity contribution is -0.384. The van der Waals surface area contributed by atoms with Gasteiger partial charge in [0.15, 0.2) is 0 Å². The molecule has 0 aromatic carbocycles. The van der Waals surface area contributed by atoms with Crippen LogP contribution in [0.3, 0.4) is 0 Å². The minimum atomic E-state index is -0.463. The molecule has 0 aliphatic rings. The van der Waals surface area contributed by atoms with Crippen molar-refractivity contribution in [3.8, 4) is 0 Å². The maximum absolute atomic E-state index is 10.6. The number of nitrogens with zero attached hydrogens (tertiary/aromatic N) is 4. The van der Waals surface area contributed by atoms with Gasteiger partial charge in [-0.05, 0) is 0 Å². The van der Waals surface area contributed by atoms with E-state index >= 15 is 0 Å². The summed E-state index contributed by atoms with van der Waals surface area (Å²) in [4.78, 5) is 14.2. The van der Waals surface area contributed by atoms with Crippen molar-refractivity contribution < 1.29 is 9.66 Å². The third-order valence-corrected chi connectivity index (χ3v) is 2.38. The Labute approximate surface area is 109 Å². The van der Waals surface area contributed by atoms with Crippen LogP contribution in [-0.4, -0.2) is 33.4 Å². The number of rotatable bonds is 6. The lowest BCUT2D eigenvalue weighted by Gasteiger charge is -2.01. The summed E-state index contributed by atoms with van der Waals surface area (Å²) in [7, 11) is 1.62. The topological polar surface area (TPSA) is 95.1 Å². The van der Waals surface area contributed by atoms with E-state index in [1.54, 1.807) is 24.2 Å². The summed E-state index contributed by atoms with van der Waals surface area (Å²) in [6.07, 6.45) is 4.78. The van der Waals surface area contributed by atoms with E-state index in [4.69, 9.17) is 4.74 Å². The van der Waals surface area contributed by atoms with Crippen molar-refractivity contribution in [2.24, 2.45) is 0 Å². The van der Waals surface area contributed by atoms with Gasteiger partial charge in [-0.3, -0.25) is 14.8 Å². The Kier molecular flexibility index (Phi) is 4.04. The van der Waals surface area contributed by atoms with Crippen LogP contribution >= 0.6 is 0 Å². The maximum atomic E-state index is 10.6. The van der Waals surface area contributed by atoms with Gasteiger partial charge in [0.2, 0.25) is 0 Å². The number of pyridine rings is 1. The fraction of sp³-hybridized carbons (Fsp3) is 0.273. The van der Waals surface area contributed by atoms with Crippen LogP contribution in [0.25, 0.3) is 0 Å². The van der Waals surface area contributed by atoms with Gasteiger partial charge < -0.3 is 10.1 Å². The van der Waals surface area contributed by atoms with Crippen LogP contribution in [0.15, 0.2) is 30.7 Å². The Morgan fingerprint density at radius 2 is 2.42 bits per heavy atom. The molecule has 0 amide bonds. The van der Waals surface area contributed by atoms with Gasteiger partial charge in [-0.1, -0.05) is 0 Å². The quantitative estimate of drug-likeness (QED) is 0.628. The normalized spacial score (nSPS) is 10.4. The zero-order valence-corrected chi connectivity index (χ0v) is 10.3. The highest BCUT2D eigenvalue weighted by molar-refractivity contribution is 5.56. The number of nitro groups is 1. The Bertz CT molecular complexity index is 569. The van der Waals surface area contributed by atoms with Crippen LogP contribution in [-0.2, 0) is 11.3 Å². The molecule has 0 bridgehead atoms. The van der Waals surface area contributed by atoms with Crippen LogP contribution in [0.1, 0.15) is 0 Å². The minimum absolute atomic E-state index is 0.00993. The van der Waals surface area contributed by atoms with Crippen LogP contribution < -0.4 is 5.32 Å². The van der Waals surface area contributed by atoms with Crippen LogP contribution in [0.5, 0.6) is 0 Å². The molecule has 0 aliphatic carbocycles. The lowest BCUT2D eigenvalue weighted by atomic mass is 10.4. The summed E-state index contributed by atoms with van der Waals surface area (Å²) in [6, 6.07) is 2.71. The number of ether oxygens (including phenoxy) is 1. The molecule has 0 spiro atoms. The fourth-order valence-corrected chi connectivity index (χ4v) is 1.48. The number of anilines is 2. The maximum Gasteiger partial charge on any atom is 0.274 e. The molecule has 19 heavy (non-hydrogen) atoms. The molecule has 2 rings (SSSR count). The molecule has 0 atom stereocenters. The molecule has 8 heteroatoms. The van der Waals surface area contributed by atoms with Crippen molar-refractivity contribution in [3.63, 3.8) is 0 Å². The molecular weight excluding hydrogens is 250 g/mol. The second-order valence-corrected chi connectivity index (χ2v) is 3.77. The monoisotopic (exact) mass is 263 g/mol. The van der Waals surface area contributed by atoms with Gasteiger partial charge >= 0.3 is 0 Å². The van der Waals surface area contributed by atoms with Crippen molar-refractivity contribution in [2.45, 2.75) is 6.54 Å². The highest BCUT2D eigenvalue weighted by Gasteiger charge is 2.07. The number of nitrogens with one attached hydrogen (secondary N) is 1. The Hall–Kier alpha value is -2.48. The van der Waals surface area contributed by atoms with Gasteiger partial charge in [-0.15, -0.1) is 0 Å². The number of hydrogen-bond donors (Lipinski definition) is 1. The molecule has 0 fully saturated rings. The first kappa shape index (κ1) is 13.0. The third-order valence-electron chi connectivity index (χ3n) is 2.38. The summed E-state index contributed by atoms with van der Waals surface area (Å²) in [5.74, 6) is 0.403. The molecule has 0 aliphatic heterocycles. The highest BCUT2D eigenvalue weighted by atomic mass is 16.6. The van der Waals surface area contributed by atoms with Crippen molar-refractivity contribution in [3.05, 3.63) is 40.8 Å². The standard InChI is InChI=1S/C11H13N5O3/c1-19-5-4-15-8-9(7-13-15)14-11-6-10(16(17)18)2-3-12-11/h2-3,6-8H,4-5H2,1H3,(H,12,14). The SMILES string of the molecule is COCCn1cc(Nc2cc([N+](=O)[O-])ccn2)cn1. The first-order valence-corrected chi connectivity index (χ1v) is 5.58. The number of aromatic nitrogens is 3. The van der Waals surface area contributed by atoms with E-state index in [0.29, 0.717) is 24.7 Å². The predicted octanol–water partition coefficient (Wildman–Crippen LogP) is 1.58. The lowest BCUT2D eigenvalue weighted by Crippen LogP contribution is -2.03. The van der Waals surface area contributed by atoms with Crippen molar-refractivity contribution in [1.29, 1.82) is 0 Å². The first-order chi connectivity index (χ1) is 9.19. The van der Waals surface area contributed by atoms with Crippen molar-refractivity contribution in [1.82, 2.24) is 14.8 Å². The van der Waals surface area contributed by atoms with Crippen molar-refractivity contribution in [2.75, 3.05) is 19.0 Å². The predicted molar refractivity (Wildman–Crippen MR) is 68.3 cm³/mol. The largest absolute Gasteiger partial charge is 0.383 e. The second kappa shape index (κ2) is 5.91. The molecule has 8 nitrogen and oxygen atoms in total. The molecule has 0 saturated carbocycles. The molecular formula is C11H13N5O3. The van der Waals surface area contributed by atoms with E-state index in [1.807, 2.05) is 0 Å². The zero-order chi connectivity index (χ0) is 13.7. The molecule has 2 aromatic heterocycles. The number of hydrogen-bond acceptors (Lipinski definition) is 6. The average Bonchev–Trinajstić information content (AvgIpc) is 2.84. The molecule has 2 aromatic rings. The molecule has 100 valence electrons. The zero-order valence-electron chi connectivity index (χ0n) is 10.3. The summed E-state index contributed by atoms with van der Waals surface area (Å²) in [5.41, 5.74) is 0.702. The summed E-state index contributed by atoms with van der Waals surface area (Å²) < 4.78 is 6.66. The van der Waals surface area contributed by atoms with Crippen LogP contribution in [0.4, 0.5) is 17.2 Å². The van der Waals surface area contributed by atoms with Gasteiger partial charge in [0.1, 0.15) is 5.82 Å². The van der Waals surface area contributed by atoms with E-state index in [1.165, 1.54) is 18.3 Å². The van der Waals surface area contributed by atoms with Crippen LogP contribution in [0, 0.1) is 10.1 Å². The molecule has 0 unspecified atom stereocenters. The Balaban J connectivity index is 2.06. The average molecular weight is 263 g/mol. The summed E-state index contributed by atoms with van der Waals surface area (Å²) in [5, 5.41) is 17.7. The summed E-state index contributed by atoms with van der Waals surface area (Å²) in [6.45, 7) is 1.21. The van der Waals surface area contributed by atoms with Crippen molar-refractivity contribution >= 4 is 17.2 Å². The molecule has 1 N–H and O–H groups in total. The van der Waals surface area contributed by atoms with E-state index in [-0.39, 0.29) is 5.69 Å². The fourth-order valence-electron chi connectivity index (χ4n) is 1.48. The first-order valence-electron chi connectivity index (χ1n) is 5.58. The smallest absolute Gasteiger partial charge is 0.274 e. The summed E-state index contributed by atoms with van der Waals surface area (Å²) >= 11 is 0.